The van der Waals surface area contributed by atoms with Crippen molar-refractivity contribution in [3.8, 4) is 11.3 Å². The van der Waals surface area contributed by atoms with Crippen LogP contribution in [0.5, 0.6) is 0 Å². The normalized spacial score (nSPS) is 12.9. The molecule has 1 atom stereocenters. The van der Waals surface area contributed by atoms with Crippen LogP contribution in [0.1, 0.15) is 13.8 Å². The first-order chi connectivity index (χ1) is 13.7. The van der Waals surface area contributed by atoms with Gasteiger partial charge in [0.25, 0.3) is 0 Å². The largest absolute Gasteiger partial charge is 0.405 e. The summed E-state index contributed by atoms with van der Waals surface area (Å²) in [4.78, 5) is 28.0. The van der Waals surface area contributed by atoms with E-state index >= 15 is 0 Å². The molecule has 29 heavy (non-hydrogen) atoms. The second-order valence-corrected chi connectivity index (χ2v) is 7.11. The number of carbonyl (C=O) groups excluding carboxylic acids is 1. The number of alkyl halides is 3. The summed E-state index contributed by atoms with van der Waals surface area (Å²) < 4.78 is 37.2. The standard InChI is InChI=1S/C18H18ClF3N6O/c1-9(2)15(17(29)26-8-18(20,21)22)28-13-7-23-6-12(27-13)10-5-25-16-14(10)11(19)3-4-24-16/h3-7,9,15H,8H2,1-2H3,(H,24,25)(H,26,29)(H,27,28)/t15-/m1/s1. The van der Waals surface area contributed by atoms with Gasteiger partial charge in [0, 0.05) is 23.3 Å². The molecule has 0 fully saturated rings. The van der Waals surface area contributed by atoms with Gasteiger partial charge in [-0.2, -0.15) is 13.2 Å². The van der Waals surface area contributed by atoms with Gasteiger partial charge in [-0.15, -0.1) is 0 Å². The fourth-order valence-electron chi connectivity index (χ4n) is 2.78. The molecule has 0 radical (unpaired) electrons. The predicted octanol–water partition coefficient (Wildman–Crippen LogP) is 3.79. The van der Waals surface area contributed by atoms with E-state index < -0.39 is 24.7 Å². The lowest BCUT2D eigenvalue weighted by molar-refractivity contribution is -0.139. The quantitative estimate of drug-likeness (QED) is 0.557. The van der Waals surface area contributed by atoms with Gasteiger partial charge in [0.1, 0.15) is 24.1 Å². The summed E-state index contributed by atoms with van der Waals surface area (Å²) in [6, 6.07) is 0.728. The minimum atomic E-state index is -4.49. The summed E-state index contributed by atoms with van der Waals surface area (Å²) >= 11 is 6.26. The number of hydrogen-bond donors (Lipinski definition) is 3. The Hall–Kier alpha value is -2.88. The number of halogens is 4. The van der Waals surface area contributed by atoms with Gasteiger partial charge >= 0.3 is 6.18 Å². The van der Waals surface area contributed by atoms with E-state index in [9.17, 15) is 18.0 Å². The molecule has 0 aromatic carbocycles. The number of nitrogens with one attached hydrogen (secondary N) is 3. The lowest BCUT2D eigenvalue weighted by Gasteiger charge is -2.22. The minimum Gasteiger partial charge on any atom is -0.357 e. The molecule has 0 aliphatic carbocycles. The van der Waals surface area contributed by atoms with Gasteiger partial charge in [-0.25, -0.2) is 9.97 Å². The van der Waals surface area contributed by atoms with E-state index in [1.807, 2.05) is 5.32 Å². The number of fused-ring (bicyclic) bond motifs is 1. The summed E-state index contributed by atoms with van der Waals surface area (Å²) in [6.45, 7) is 2.03. The zero-order valence-corrected chi connectivity index (χ0v) is 16.3. The minimum absolute atomic E-state index is 0.248. The fraction of sp³-hybridized carbons (Fsp3) is 0.333. The Morgan fingerprint density at radius 3 is 2.76 bits per heavy atom. The van der Waals surface area contributed by atoms with Crippen LogP contribution in [0.2, 0.25) is 5.02 Å². The third-order valence-corrected chi connectivity index (χ3v) is 4.46. The van der Waals surface area contributed by atoms with Gasteiger partial charge < -0.3 is 15.6 Å². The molecule has 3 rings (SSSR count). The van der Waals surface area contributed by atoms with E-state index in [1.54, 1.807) is 32.3 Å². The highest BCUT2D eigenvalue weighted by Gasteiger charge is 2.30. The number of nitrogens with zero attached hydrogens (tertiary/aromatic N) is 3. The Morgan fingerprint density at radius 2 is 2.07 bits per heavy atom. The zero-order valence-electron chi connectivity index (χ0n) is 15.5. The van der Waals surface area contributed by atoms with Crippen LogP contribution in [0.25, 0.3) is 22.3 Å². The lowest BCUT2D eigenvalue weighted by atomic mass is 10.0. The first-order valence-corrected chi connectivity index (χ1v) is 9.08. The number of aromatic amines is 1. The molecule has 0 saturated heterocycles. The highest BCUT2D eigenvalue weighted by Crippen LogP contribution is 2.31. The molecule has 0 spiro atoms. The molecule has 7 nitrogen and oxygen atoms in total. The molecule has 3 heterocycles. The molecule has 3 N–H and O–H groups in total. The van der Waals surface area contributed by atoms with Crippen molar-refractivity contribution in [2.45, 2.75) is 26.1 Å². The van der Waals surface area contributed by atoms with Crippen LogP contribution in [0.4, 0.5) is 19.0 Å². The first kappa shape index (κ1) is 20.8. The summed E-state index contributed by atoms with van der Waals surface area (Å²) in [7, 11) is 0. The van der Waals surface area contributed by atoms with Crippen molar-refractivity contribution in [2.75, 3.05) is 11.9 Å². The van der Waals surface area contributed by atoms with Gasteiger partial charge in [-0.1, -0.05) is 25.4 Å². The van der Waals surface area contributed by atoms with Crippen LogP contribution in [0.3, 0.4) is 0 Å². The van der Waals surface area contributed by atoms with Crippen molar-refractivity contribution in [3.05, 3.63) is 35.9 Å². The van der Waals surface area contributed by atoms with Gasteiger partial charge in [0.05, 0.1) is 23.1 Å². The fourth-order valence-corrected chi connectivity index (χ4v) is 3.02. The number of amides is 1. The second-order valence-electron chi connectivity index (χ2n) is 6.71. The van der Waals surface area contributed by atoms with Crippen LogP contribution in [-0.2, 0) is 4.79 Å². The molecule has 154 valence electrons. The maximum atomic E-state index is 12.4. The van der Waals surface area contributed by atoms with E-state index in [4.69, 9.17) is 11.6 Å². The summed E-state index contributed by atoms with van der Waals surface area (Å²) in [5.74, 6) is -0.818. The molecule has 0 aliphatic heterocycles. The Bertz CT molecular complexity index is 1020. The van der Waals surface area contributed by atoms with Crippen LogP contribution >= 0.6 is 11.6 Å². The van der Waals surface area contributed by atoms with Crippen LogP contribution in [0, 0.1) is 5.92 Å². The number of rotatable bonds is 6. The Labute approximate surface area is 169 Å². The van der Waals surface area contributed by atoms with E-state index in [0.29, 0.717) is 27.3 Å². The maximum Gasteiger partial charge on any atom is 0.405 e. The number of carbonyl (C=O) groups is 1. The third kappa shape index (κ3) is 4.94. The number of H-pyrrole nitrogens is 1. The van der Waals surface area contributed by atoms with Crippen LogP contribution < -0.4 is 10.6 Å². The number of pyridine rings is 1. The Balaban J connectivity index is 1.85. The van der Waals surface area contributed by atoms with E-state index in [2.05, 4.69) is 25.3 Å². The molecule has 11 heteroatoms. The van der Waals surface area contributed by atoms with Crippen molar-refractivity contribution in [2.24, 2.45) is 5.92 Å². The smallest absolute Gasteiger partial charge is 0.357 e. The monoisotopic (exact) mass is 426 g/mol. The number of anilines is 1. The topological polar surface area (TPSA) is 95.6 Å². The molecule has 0 saturated carbocycles. The summed E-state index contributed by atoms with van der Waals surface area (Å²) in [5.41, 5.74) is 1.71. The number of hydrogen-bond acceptors (Lipinski definition) is 5. The second kappa shape index (κ2) is 8.24. The van der Waals surface area contributed by atoms with Crippen molar-refractivity contribution < 1.29 is 18.0 Å². The molecule has 1 amide bonds. The van der Waals surface area contributed by atoms with Crippen molar-refractivity contribution in [3.63, 3.8) is 0 Å². The molecular formula is C18H18ClF3N6O. The maximum absolute atomic E-state index is 12.4. The van der Waals surface area contributed by atoms with Gasteiger partial charge in [0.2, 0.25) is 5.91 Å². The third-order valence-electron chi connectivity index (χ3n) is 4.15. The highest BCUT2D eigenvalue weighted by molar-refractivity contribution is 6.36. The van der Waals surface area contributed by atoms with Gasteiger partial charge in [-0.3, -0.25) is 9.78 Å². The average molecular weight is 427 g/mol. The lowest BCUT2D eigenvalue weighted by Crippen LogP contribution is -2.46. The zero-order chi connectivity index (χ0) is 21.2. The van der Waals surface area contributed by atoms with E-state index in [-0.39, 0.29) is 11.7 Å². The predicted molar refractivity (Wildman–Crippen MR) is 103 cm³/mol. The van der Waals surface area contributed by atoms with E-state index in [1.165, 1.54) is 12.4 Å². The molecule has 3 aromatic heterocycles. The Morgan fingerprint density at radius 1 is 1.31 bits per heavy atom. The van der Waals surface area contributed by atoms with E-state index in [0.717, 1.165) is 0 Å². The summed E-state index contributed by atoms with van der Waals surface area (Å²) in [5, 5.41) is 5.92. The molecule has 0 bridgehead atoms. The molecule has 0 aliphatic rings. The van der Waals surface area contributed by atoms with Crippen LogP contribution in [-0.4, -0.2) is 44.6 Å². The van der Waals surface area contributed by atoms with Crippen molar-refractivity contribution in [1.82, 2.24) is 25.3 Å². The highest BCUT2D eigenvalue weighted by atomic mass is 35.5. The number of aromatic nitrogens is 4. The first-order valence-electron chi connectivity index (χ1n) is 8.70. The van der Waals surface area contributed by atoms with Crippen LogP contribution in [0.15, 0.2) is 30.9 Å². The van der Waals surface area contributed by atoms with Crippen molar-refractivity contribution in [1.29, 1.82) is 0 Å². The molecule has 3 aromatic rings. The van der Waals surface area contributed by atoms with Gasteiger partial charge in [-0.05, 0) is 12.0 Å². The molecular weight excluding hydrogens is 409 g/mol. The average Bonchev–Trinajstić information content (AvgIpc) is 3.09. The van der Waals surface area contributed by atoms with Gasteiger partial charge in [0.15, 0.2) is 0 Å². The summed E-state index contributed by atoms with van der Waals surface area (Å²) in [6.07, 6.45) is 1.68. The SMILES string of the molecule is CC(C)[C@@H](Nc1cncc(-c2c[nH]c3nccc(Cl)c23)n1)C(=O)NCC(F)(F)F. The Kier molecular flexibility index (Phi) is 5.92. The van der Waals surface area contributed by atoms with Crippen molar-refractivity contribution >= 4 is 34.4 Å². The molecule has 0 unspecified atom stereocenters.